The fourth-order valence-corrected chi connectivity index (χ4v) is 6.08. The van der Waals surface area contributed by atoms with E-state index in [-0.39, 0.29) is 17.1 Å². The molecule has 0 atom stereocenters. The van der Waals surface area contributed by atoms with Crippen LogP contribution < -0.4 is 5.32 Å². The molecule has 1 aliphatic heterocycles. The van der Waals surface area contributed by atoms with Crippen LogP contribution in [0.1, 0.15) is 40.4 Å². The predicted octanol–water partition coefficient (Wildman–Crippen LogP) is 2.37. The maximum Gasteiger partial charge on any atom is 0.262 e. The zero-order chi connectivity index (χ0) is 23.4. The molecule has 0 bridgehead atoms. The first kappa shape index (κ1) is 21.0. The van der Waals surface area contributed by atoms with Crippen LogP contribution in [0.4, 0.5) is 5.82 Å². The highest BCUT2D eigenvalue weighted by molar-refractivity contribution is 7.90. The molecule has 10 nitrogen and oxygen atoms in total. The molecule has 1 aliphatic carbocycles. The third-order valence-electron chi connectivity index (χ3n) is 6.34. The molecule has 34 heavy (non-hydrogen) atoms. The van der Waals surface area contributed by atoms with Crippen molar-refractivity contribution in [3.05, 3.63) is 71.8 Å². The minimum absolute atomic E-state index is 0.0190. The van der Waals surface area contributed by atoms with E-state index in [1.165, 1.54) is 6.20 Å². The zero-order valence-corrected chi connectivity index (χ0v) is 19.3. The number of nitrogens with zero attached hydrogens (tertiary/aromatic N) is 6. The van der Waals surface area contributed by atoms with Crippen LogP contribution in [0.25, 0.3) is 11.3 Å². The number of sulfonamides is 1. The summed E-state index contributed by atoms with van der Waals surface area (Å²) in [5.41, 5.74) is 3.47. The van der Waals surface area contributed by atoms with Gasteiger partial charge in [0.2, 0.25) is 10.0 Å². The highest BCUT2D eigenvalue weighted by atomic mass is 32.2. The SMILES string of the molecule is Cc1ccc(-n2nc(C3CN(S(=O)(=O)C4CC4)C3)cc2NC(=O)c2cnn3cccnc23)cc1. The molecular weight excluding hydrogens is 454 g/mol. The van der Waals surface area contributed by atoms with Crippen molar-refractivity contribution in [3.63, 3.8) is 0 Å². The van der Waals surface area contributed by atoms with Crippen LogP contribution in [0.15, 0.2) is 55.0 Å². The molecule has 174 valence electrons. The Hall–Kier alpha value is -3.57. The summed E-state index contributed by atoms with van der Waals surface area (Å²) in [5.74, 6) is 0.136. The van der Waals surface area contributed by atoms with E-state index in [1.807, 2.05) is 37.3 Å². The normalized spacial score (nSPS) is 17.1. The van der Waals surface area contributed by atoms with Crippen molar-refractivity contribution in [1.82, 2.24) is 28.7 Å². The fourth-order valence-electron chi connectivity index (χ4n) is 4.15. The second-order valence-electron chi connectivity index (χ2n) is 8.86. The lowest BCUT2D eigenvalue weighted by Crippen LogP contribution is -2.49. The highest BCUT2D eigenvalue weighted by Crippen LogP contribution is 2.38. The van der Waals surface area contributed by atoms with E-state index in [2.05, 4.69) is 15.4 Å². The molecule has 6 rings (SSSR count). The molecule has 1 saturated carbocycles. The first-order valence-electron chi connectivity index (χ1n) is 11.2. The second-order valence-corrected chi connectivity index (χ2v) is 11.1. The Morgan fingerprint density at radius 3 is 2.65 bits per heavy atom. The van der Waals surface area contributed by atoms with Gasteiger partial charge in [-0.3, -0.25) is 4.79 Å². The first-order chi connectivity index (χ1) is 16.4. The van der Waals surface area contributed by atoms with Crippen molar-refractivity contribution in [2.24, 2.45) is 0 Å². The summed E-state index contributed by atoms with van der Waals surface area (Å²) in [4.78, 5) is 17.4. The number of anilines is 1. The van der Waals surface area contributed by atoms with Crippen LogP contribution in [-0.2, 0) is 10.0 Å². The van der Waals surface area contributed by atoms with Crippen molar-refractivity contribution in [2.45, 2.75) is 30.9 Å². The van der Waals surface area contributed by atoms with Gasteiger partial charge in [-0.1, -0.05) is 17.7 Å². The predicted molar refractivity (Wildman–Crippen MR) is 125 cm³/mol. The standard InChI is InChI=1S/C23H23N7O3S/c1-15-3-5-17(6-4-15)30-21(26-23(31)19-12-25-29-10-2-9-24-22(19)29)11-20(27-30)16-13-28(14-16)34(32,33)18-7-8-18/h2-6,9-12,16,18H,7-8,13-14H2,1H3,(H,26,31). The molecule has 4 aromatic rings. The molecule has 0 unspecified atom stereocenters. The van der Waals surface area contributed by atoms with Gasteiger partial charge >= 0.3 is 0 Å². The van der Waals surface area contributed by atoms with Crippen molar-refractivity contribution in [3.8, 4) is 5.69 Å². The molecule has 0 spiro atoms. The van der Waals surface area contributed by atoms with Crippen molar-refractivity contribution in [2.75, 3.05) is 18.4 Å². The summed E-state index contributed by atoms with van der Waals surface area (Å²) in [6, 6.07) is 11.4. The van der Waals surface area contributed by atoms with E-state index in [0.717, 1.165) is 29.8 Å². The van der Waals surface area contributed by atoms with Crippen LogP contribution >= 0.6 is 0 Å². The van der Waals surface area contributed by atoms with Gasteiger partial charge in [0.15, 0.2) is 5.65 Å². The quantitative estimate of drug-likeness (QED) is 0.456. The maximum atomic E-state index is 13.1. The minimum Gasteiger partial charge on any atom is -0.306 e. The molecule has 1 amide bonds. The third-order valence-corrected chi connectivity index (χ3v) is 8.68. The number of nitrogens with one attached hydrogen (secondary N) is 1. The Morgan fingerprint density at radius 2 is 1.91 bits per heavy atom. The van der Waals surface area contributed by atoms with Gasteiger partial charge in [0, 0.05) is 37.5 Å². The lowest BCUT2D eigenvalue weighted by atomic mass is 10.00. The van der Waals surface area contributed by atoms with Crippen LogP contribution in [0.3, 0.4) is 0 Å². The van der Waals surface area contributed by atoms with Gasteiger partial charge in [-0.15, -0.1) is 0 Å². The molecule has 1 N–H and O–H groups in total. The van der Waals surface area contributed by atoms with Crippen molar-refractivity contribution in [1.29, 1.82) is 0 Å². The van der Waals surface area contributed by atoms with E-state index in [4.69, 9.17) is 5.10 Å². The average Bonchev–Trinajstić information content (AvgIpc) is 3.45. The van der Waals surface area contributed by atoms with Gasteiger partial charge in [-0.25, -0.2) is 26.9 Å². The number of benzene rings is 1. The van der Waals surface area contributed by atoms with E-state index >= 15 is 0 Å². The molecule has 3 aromatic heterocycles. The molecule has 4 heterocycles. The van der Waals surface area contributed by atoms with Crippen molar-refractivity contribution < 1.29 is 13.2 Å². The summed E-state index contributed by atoms with van der Waals surface area (Å²) in [7, 11) is -3.19. The number of fused-ring (bicyclic) bond motifs is 1. The first-order valence-corrected chi connectivity index (χ1v) is 12.7. The number of carbonyl (C=O) groups excluding carboxylic acids is 1. The average molecular weight is 478 g/mol. The van der Waals surface area contributed by atoms with E-state index < -0.39 is 10.0 Å². The number of amides is 1. The monoisotopic (exact) mass is 477 g/mol. The molecule has 0 radical (unpaired) electrons. The molecule has 11 heteroatoms. The van der Waals surface area contributed by atoms with Crippen LogP contribution in [0.2, 0.25) is 0 Å². The van der Waals surface area contributed by atoms with Gasteiger partial charge in [-0.2, -0.15) is 10.2 Å². The fraction of sp³-hybridized carbons (Fsp3) is 0.304. The van der Waals surface area contributed by atoms with Gasteiger partial charge in [0.1, 0.15) is 11.4 Å². The van der Waals surface area contributed by atoms with Crippen LogP contribution in [0.5, 0.6) is 0 Å². The van der Waals surface area contributed by atoms with E-state index in [1.54, 1.807) is 32.0 Å². The van der Waals surface area contributed by atoms with Gasteiger partial charge in [0.25, 0.3) is 5.91 Å². The Balaban J connectivity index is 1.30. The smallest absolute Gasteiger partial charge is 0.262 e. The molecule has 2 aliphatic rings. The largest absolute Gasteiger partial charge is 0.306 e. The maximum absolute atomic E-state index is 13.1. The number of hydrogen-bond acceptors (Lipinski definition) is 6. The third kappa shape index (κ3) is 3.57. The summed E-state index contributed by atoms with van der Waals surface area (Å²) >= 11 is 0. The van der Waals surface area contributed by atoms with Crippen LogP contribution in [-0.4, -0.2) is 61.3 Å². The Kier molecular flexibility index (Phi) is 4.78. The number of aryl methyl sites for hydroxylation is 1. The Bertz CT molecular complexity index is 1500. The topological polar surface area (TPSA) is 114 Å². The van der Waals surface area contributed by atoms with Crippen molar-refractivity contribution >= 4 is 27.4 Å². The molecular formula is C23H23N7O3S. The number of aromatic nitrogens is 5. The Labute approximate surface area is 196 Å². The highest BCUT2D eigenvalue weighted by Gasteiger charge is 2.46. The second kappa shape index (κ2) is 7.74. The number of hydrogen-bond donors (Lipinski definition) is 1. The lowest BCUT2D eigenvalue weighted by molar-refractivity contribution is 0.102. The number of rotatable bonds is 6. The summed E-state index contributed by atoms with van der Waals surface area (Å²) in [6.45, 7) is 2.83. The van der Waals surface area contributed by atoms with E-state index in [9.17, 15) is 13.2 Å². The molecule has 2 fully saturated rings. The minimum atomic E-state index is -3.19. The van der Waals surface area contributed by atoms with Gasteiger partial charge in [0.05, 0.1) is 22.8 Å². The van der Waals surface area contributed by atoms with E-state index in [0.29, 0.717) is 30.1 Å². The zero-order valence-electron chi connectivity index (χ0n) is 18.5. The summed E-state index contributed by atoms with van der Waals surface area (Å²) in [6.07, 6.45) is 6.32. The van der Waals surface area contributed by atoms with Gasteiger partial charge in [-0.05, 0) is 38.0 Å². The van der Waals surface area contributed by atoms with Crippen LogP contribution in [0, 0.1) is 6.92 Å². The Morgan fingerprint density at radius 1 is 1.15 bits per heavy atom. The summed E-state index contributed by atoms with van der Waals surface area (Å²) < 4.78 is 29.8. The van der Waals surface area contributed by atoms with Gasteiger partial charge < -0.3 is 5.32 Å². The molecule has 1 saturated heterocycles. The number of carbonyl (C=O) groups is 1. The summed E-state index contributed by atoms with van der Waals surface area (Å²) in [5, 5.41) is 11.7. The molecule has 1 aromatic carbocycles. The lowest BCUT2D eigenvalue weighted by Gasteiger charge is -2.37.